The van der Waals surface area contributed by atoms with Crippen molar-refractivity contribution >= 4 is 11.9 Å². The normalized spacial score (nSPS) is 35.3. The molecule has 0 aliphatic heterocycles. The molecular weight excluding hydrogens is 757 g/mol. The van der Waals surface area contributed by atoms with Crippen LogP contribution in [0, 0.1) is 57.2 Å². The molecule has 0 aromatic rings. The van der Waals surface area contributed by atoms with Gasteiger partial charge >= 0.3 is 11.9 Å². The minimum Gasteiger partial charge on any atom is -0.462 e. The van der Waals surface area contributed by atoms with E-state index in [1.54, 1.807) is 22.3 Å². The average molecular weight is 841 g/mol. The average Bonchev–Trinajstić information content (AvgIpc) is 3.21. The predicted molar refractivity (Wildman–Crippen MR) is 235 cm³/mol. The first-order chi connectivity index (χ1) is 28.5. The Morgan fingerprint density at radius 1 is 0.567 bits per heavy atom. The number of fused-ring (bicyclic) bond motifs is 4. The minimum atomic E-state index is -0.892. The molecule has 6 rings (SSSR count). The molecule has 0 spiro atoms. The van der Waals surface area contributed by atoms with Gasteiger partial charge in [0, 0.05) is 13.2 Å². The first-order valence-electron chi connectivity index (χ1n) is 24.4. The molecule has 0 amide bonds. The Hall–Kier alpha value is -1.78. The lowest BCUT2D eigenvalue weighted by atomic mass is 9.48. The third-order valence-electron chi connectivity index (χ3n) is 17.3. The zero-order valence-corrected chi connectivity index (χ0v) is 39.0. The van der Waals surface area contributed by atoms with Gasteiger partial charge in [0.25, 0.3) is 0 Å². The van der Waals surface area contributed by atoms with E-state index in [4.69, 9.17) is 23.7 Å². The summed E-state index contributed by atoms with van der Waals surface area (Å²) in [5.74, 6) is 3.20. The molecule has 10 atom stereocenters. The molecule has 2 fully saturated rings. The van der Waals surface area contributed by atoms with Crippen LogP contribution in [-0.4, -0.2) is 87.2 Å². The minimum absolute atomic E-state index is 0.0573. The number of esters is 2. The molecule has 0 saturated heterocycles. The van der Waals surface area contributed by atoms with E-state index in [1.165, 1.54) is 38.5 Å². The molecule has 0 aromatic heterocycles. The summed E-state index contributed by atoms with van der Waals surface area (Å²) >= 11 is 0. The fraction of sp³-hybridized carbons (Fsp3) is 0.882. The molecule has 9 heteroatoms. The van der Waals surface area contributed by atoms with Crippen LogP contribution in [0.15, 0.2) is 22.3 Å². The Balaban J connectivity index is 0.808. The number of carbonyl (C=O) groups is 2. The molecule has 0 aromatic carbocycles. The summed E-state index contributed by atoms with van der Waals surface area (Å²) in [4.78, 5) is 27.3. The van der Waals surface area contributed by atoms with Gasteiger partial charge in [-0.1, -0.05) is 76.7 Å². The number of aliphatic hydroxyl groups excluding tert-OH is 2. The van der Waals surface area contributed by atoms with Crippen LogP contribution in [-0.2, 0) is 33.3 Å². The van der Waals surface area contributed by atoms with Gasteiger partial charge in [-0.15, -0.1) is 0 Å². The SMILES string of the molecule is CC(C)C1CCC2=C(CCC3C(C)(C(=O)OCC(O)COCCCOCCOCC(O)COC(=O)C4(C)CCCC5(C)C6=C(CCC45)CC(C(C)C)CC6)CCCC23C)C1. The summed E-state index contributed by atoms with van der Waals surface area (Å²) in [6, 6.07) is 0. The molecule has 342 valence electrons. The van der Waals surface area contributed by atoms with Crippen molar-refractivity contribution in [1.29, 1.82) is 0 Å². The number of hydrogen-bond donors (Lipinski definition) is 2. The largest absolute Gasteiger partial charge is 0.462 e. The maximum atomic E-state index is 13.7. The highest BCUT2D eigenvalue weighted by atomic mass is 16.6. The highest BCUT2D eigenvalue weighted by Gasteiger charge is 2.58. The highest BCUT2D eigenvalue weighted by Crippen LogP contribution is 2.64. The van der Waals surface area contributed by atoms with Crippen molar-refractivity contribution in [2.45, 2.75) is 177 Å². The Kier molecular flexibility index (Phi) is 16.2. The first-order valence-corrected chi connectivity index (χ1v) is 24.4. The van der Waals surface area contributed by atoms with Crippen LogP contribution in [0.4, 0.5) is 0 Å². The number of allylic oxidation sites excluding steroid dienone is 4. The zero-order chi connectivity index (χ0) is 43.3. The molecule has 2 saturated carbocycles. The van der Waals surface area contributed by atoms with E-state index in [2.05, 4.69) is 55.4 Å². The number of aliphatic hydroxyl groups is 2. The molecule has 10 unspecified atom stereocenters. The second-order valence-corrected chi connectivity index (χ2v) is 21.8. The zero-order valence-electron chi connectivity index (χ0n) is 39.0. The Morgan fingerprint density at radius 2 is 0.983 bits per heavy atom. The third-order valence-corrected chi connectivity index (χ3v) is 17.3. The van der Waals surface area contributed by atoms with Crippen LogP contribution in [0.25, 0.3) is 0 Å². The molecule has 6 aliphatic carbocycles. The lowest BCUT2D eigenvalue weighted by Gasteiger charge is -2.56. The summed E-state index contributed by atoms with van der Waals surface area (Å²) in [6.07, 6.45) is 16.5. The number of carbonyl (C=O) groups excluding carboxylic acids is 2. The standard InChI is InChI=1S/C51H84O9/c1-34(2)36-12-16-42-38(28-36)14-18-44-48(42,5)20-9-22-50(44,7)46(54)59-32-40(52)30-57-25-11-24-56-26-27-58-31-41(53)33-60-47(55)51(8)23-10-21-49(6)43-17-13-37(35(3)4)29-39(43)15-19-45(49)51/h34-37,40-41,44-45,52-53H,9-33H2,1-8H3. The van der Waals surface area contributed by atoms with Crippen LogP contribution in [0.3, 0.4) is 0 Å². The quantitative estimate of drug-likeness (QED) is 0.0744. The summed E-state index contributed by atoms with van der Waals surface area (Å²) in [5.41, 5.74) is 5.72. The summed E-state index contributed by atoms with van der Waals surface area (Å²) in [7, 11) is 0. The Bertz CT molecular complexity index is 1420. The fourth-order valence-corrected chi connectivity index (χ4v) is 13.7. The maximum Gasteiger partial charge on any atom is 0.312 e. The molecule has 2 N–H and O–H groups in total. The van der Waals surface area contributed by atoms with Crippen molar-refractivity contribution in [1.82, 2.24) is 0 Å². The molecule has 60 heavy (non-hydrogen) atoms. The van der Waals surface area contributed by atoms with Crippen LogP contribution in [0.2, 0.25) is 0 Å². The Labute approximate surface area is 363 Å². The lowest BCUT2D eigenvalue weighted by molar-refractivity contribution is -0.171. The van der Waals surface area contributed by atoms with Crippen LogP contribution in [0.5, 0.6) is 0 Å². The van der Waals surface area contributed by atoms with Gasteiger partial charge in [0.15, 0.2) is 0 Å². The molecule has 0 heterocycles. The monoisotopic (exact) mass is 841 g/mol. The highest BCUT2D eigenvalue weighted by molar-refractivity contribution is 5.78. The van der Waals surface area contributed by atoms with Crippen LogP contribution < -0.4 is 0 Å². The van der Waals surface area contributed by atoms with Crippen molar-refractivity contribution in [3.63, 3.8) is 0 Å². The Morgan fingerprint density at radius 3 is 1.43 bits per heavy atom. The van der Waals surface area contributed by atoms with E-state index in [9.17, 15) is 19.8 Å². The smallest absolute Gasteiger partial charge is 0.312 e. The second kappa shape index (κ2) is 20.4. The van der Waals surface area contributed by atoms with E-state index >= 15 is 0 Å². The van der Waals surface area contributed by atoms with Crippen molar-refractivity contribution in [3.05, 3.63) is 22.3 Å². The second-order valence-electron chi connectivity index (χ2n) is 21.8. The molecule has 9 nitrogen and oxygen atoms in total. The molecule has 6 aliphatic rings. The number of rotatable bonds is 19. The number of hydrogen-bond acceptors (Lipinski definition) is 9. The molecule has 0 radical (unpaired) electrons. The fourth-order valence-electron chi connectivity index (χ4n) is 13.7. The van der Waals surface area contributed by atoms with Gasteiger partial charge in [-0.25, -0.2) is 0 Å². The lowest BCUT2D eigenvalue weighted by Crippen LogP contribution is -2.52. The van der Waals surface area contributed by atoms with Crippen molar-refractivity contribution < 1.29 is 43.5 Å². The van der Waals surface area contributed by atoms with E-state index in [0.29, 0.717) is 38.8 Å². The van der Waals surface area contributed by atoms with Gasteiger partial charge in [-0.05, 0) is 156 Å². The van der Waals surface area contributed by atoms with Gasteiger partial charge in [0.1, 0.15) is 25.4 Å². The molecular formula is C51H84O9. The van der Waals surface area contributed by atoms with Gasteiger partial charge in [0.05, 0.1) is 37.3 Å². The maximum absolute atomic E-state index is 13.7. The van der Waals surface area contributed by atoms with Crippen molar-refractivity contribution in [2.75, 3.05) is 52.9 Å². The first kappa shape index (κ1) is 47.7. The van der Waals surface area contributed by atoms with Crippen LogP contribution >= 0.6 is 0 Å². The van der Waals surface area contributed by atoms with Crippen LogP contribution in [0.1, 0.15) is 165 Å². The van der Waals surface area contributed by atoms with Gasteiger partial charge in [-0.3, -0.25) is 9.59 Å². The van der Waals surface area contributed by atoms with Gasteiger partial charge < -0.3 is 33.9 Å². The number of ether oxygens (including phenoxy) is 5. The van der Waals surface area contributed by atoms with E-state index in [0.717, 1.165) is 82.0 Å². The van der Waals surface area contributed by atoms with Gasteiger partial charge in [-0.2, -0.15) is 0 Å². The van der Waals surface area contributed by atoms with Gasteiger partial charge in [0.2, 0.25) is 0 Å². The van der Waals surface area contributed by atoms with Crippen molar-refractivity contribution in [2.24, 2.45) is 57.2 Å². The summed E-state index contributed by atoms with van der Waals surface area (Å²) in [6.45, 7) is 20.1. The summed E-state index contributed by atoms with van der Waals surface area (Å²) < 4.78 is 28.6. The third kappa shape index (κ3) is 10.3. The van der Waals surface area contributed by atoms with E-state index in [-0.39, 0.29) is 61.0 Å². The van der Waals surface area contributed by atoms with E-state index < -0.39 is 23.0 Å². The van der Waals surface area contributed by atoms with Crippen molar-refractivity contribution in [3.8, 4) is 0 Å². The molecule has 0 bridgehead atoms. The van der Waals surface area contributed by atoms with E-state index in [1.807, 2.05) is 0 Å². The summed E-state index contributed by atoms with van der Waals surface area (Å²) in [5, 5.41) is 21.2. The topological polar surface area (TPSA) is 121 Å². The predicted octanol–water partition coefficient (Wildman–Crippen LogP) is 9.95.